The number of benzene rings is 1. The van der Waals surface area contributed by atoms with Gasteiger partial charge in [-0.1, -0.05) is 13.0 Å². The molecule has 100 valence electrons. The van der Waals surface area contributed by atoms with Crippen molar-refractivity contribution >= 4 is 0 Å². The molecular formula is C15H24N2O. The van der Waals surface area contributed by atoms with Crippen molar-refractivity contribution in [2.24, 2.45) is 17.6 Å². The molecule has 2 atom stereocenters. The standard InChI is InChI=1S/C15H24N2O/c1-11-6-13(11)9-17(2)10-14-7-12(8-16)4-5-15(14)18-3/h4-5,7,11,13H,6,8-10,16H2,1-3H3. The first kappa shape index (κ1) is 13.4. The molecule has 0 amide bonds. The molecule has 0 saturated heterocycles. The van der Waals surface area contributed by atoms with Crippen molar-refractivity contribution in [3.8, 4) is 5.75 Å². The van der Waals surface area contributed by atoms with Crippen LogP contribution >= 0.6 is 0 Å². The summed E-state index contributed by atoms with van der Waals surface area (Å²) in [6, 6.07) is 6.21. The van der Waals surface area contributed by atoms with E-state index in [0.717, 1.165) is 24.1 Å². The van der Waals surface area contributed by atoms with E-state index in [1.165, 1.54) is 24.1 Å². The van der Waals surface area contributed by atoms with E-state index in [9.17, 15) is 0 Å². The summed E-state index contributed by atoms with van der Waals surface area (Å²) in [7, 11) is 3.91. The van der Waals surface area contributed by atoms with Crippen LogP contribution in [0.3, 0.4) is 0 Å². The monoisotopic (exact) mass is 248 g/mol. The zero-order chi connectivity index (χ0) is 13.1. The largest absolute Gasteiger partial charge is 0.496 e. The van der Waals surface area contributed by atoms with Crippen molar-refractivity contribution in [2.75, 3.05) is 20.7 Å². The van der Waals surface area contributed by atoms with Gasteiger partial charge in [0.15, 0.2) is 0 Å². The summed E-state index contributed by atoms with van der Waals surface area (Å²) >= 11 is 0. The van der Waals surface area contributed by atoms with Crippen molar-refractivity contribution < 1.29 is 4.74 Å². The van der Waals surface area contributed by atoms with Gasteiger partial charge in [-0.3, -0.25) is 0 Å². The number of ether oxygens (including phenoxy) is 1. The molecule has 1 aliphatic carbocycles. The molecule has 0 heterocycles. The zero-order valence-electron chi connectivity index (χ0n) is 11.6. The zero-order valence-corrected chi connectivity index (χ0v) is 11.6. The molecule has 18 heavy (non-hydrogen) atoms. The molecule has 3 heteroatoms. The molecule has 1 aliphatic rings. The van der Waals surface area contributed by atoms with Crippen molar-refractivity contribution in [3.63, 3.8) is 0 Å². The van der Waals surface area contributed by atoms with E-state index < -0.39 is 0 Å². The molecule has 2 rings (SSSR count). The molecule has 1 aromatic carbocycles. The van der Waals surface area contributed by atoms with Crippen molar-refractivity contribution in [1.82, 2.24) is 4.90 Å². The number of nitrogens with zero attached hydrogens (tertiary/aromatic N) is 1. The van der Waals surface area contributed by atoms with Crippen LogP contribution < -0.4 is 10.5 Å². The third kappa shape index (κ3) is 3.24. The SMILES string of the molecule is COc1ccc(CN)cc1CN(C)CC1CC1C. The maximum Gasteiger partial charge on any atom is 0.123 e. The van der Waals surface area contributed by atoms with Crippen LogP contribution in [-0.4, -0.2) is 25.6 Å². The molecule has 2 unspecified atom stereocenters. The van der Waals surface area contributed by atoms with Crippen molar-refractivity contribution in [3.05, 3.63) is 29.3 Å². The van der Waals surface area contributed by atoms with Gasteiger partial charge >= 0.3 is 0 Å². The fourth-order valence-electron chi connectivity index (χ4n) is 2.49. The second-order valence-corrected chi connectivity index (χ2v) is 5.52. The number of rotatable bonds is 6. The van der Waals surface area contributed by atoms with Crippen molar-refractivity contribution in [1.29, 1.82) is 0 Å². The van der Waals surface area contributed by atoms with E-state index in [-0.39, 0.29) is 0 Å². The van der Waals surface area contributed by atoms with Gasteiger partial charge < -0.3 is 15.4 Å². The molecule has 3 nitrogen and oxygen atoms in total. The third-order valence-corrected chi connectivity index (χ3v) is 3.84. The van der Waals surface area contributed by atoms with Crippen LogP contribution in [0, 0.1) is 11.8 Å². The summed E-state index contributed by atoms with van der Waals surface area (Å²) in [6.45, 7) is 5.02. The summed E-state index contributed by atoms with van der Waals surface area (Å²) in [5.74, 6) is 2.76. The molecule has 2 N–H and O–H groups in total. The summed E-state index contributed by atoms with van der Waals surface area (Å²) < 4.78 is 5.42. The summed E-state index contributed by atoms with van der Waals surface area (Å²) in [4.78, 5) is 2.38. The number of hydrogen-bond acceptors (Lipinski definition) is 3. The summed E-state index contributed by atoms with van der Waals surface area (Å²) in [5.41, 5.74) is 8.09. The van der Waals surface area contributed by atoms with E-state index >= 15 is 0 Å². The Morgan fingerprint density at radius 3 is 2.72 bits per heavy atom. The topological polar surface area (TPSA) is 38.5 Å². The average Bonchev–Trinajstić information content (AvgIpc) is 3.04. The van der Waals surface area contributed by atoms with Gasteiger partial charge in [-0.2, -0.15) is 0 Å². The Balaban J connectivity index is 2.01. The minimum absolute atomic E-state index is 0.584. The Hall–Kier alpha value is -1.06. The van der Waals surface area contributed by atoms with Crippen LogP contribution in [0.4, 0.5) is 0 Å². The van der Waals surface area contributed by atoms with Gasteiger partial charge in [0, 0.05) is 25.2 Å². The second-order valence-electron chi connectivity index (χ2n) is 5.52. The molecular weight excluding hydrogens is 224 g/mol. The van der Waals surface area contributed by atoms with Crippen molar-refractivity contribution in [2.45, 2.75) is 26.4 Å². The Morgan fingerprint density at radius 1 is 1.44 bits per heavy atom. The normalized spacial score (nSPS) is 22.3. The maximum atomic E-state index is 5.70. The molecule has 0 spiro atoms. The lowest BCUT2D eigenvalue weighted by atomic mass is 10.1. The van der Waals surface area contributed by atoms with E-state index in [4.69, 9.17) is 10.5 Å². The highest BCUT2D eigenvalue weighted by atomic mass is 16.5. The highest BCUT2D eigenvalue weighted by molar-refractivity contribution is 5.37. The van der Waals surface area contributed by atoms with E-state index in [1.54, 1.807) is 7.11 Å². The van der Waals surface area contributed by atoms with E-state index in [1.807, 2.05) is 12.1 Å². The van der Waals surface area contributed by atoms with Crippen LogP contribution in [0.25, 0.3) is 0 Å². The summed E-state index contributed by atoms with van der Waals surface area (Å²) in [5, 5.41) is 0. The van der Waals surface area contributed by atoms with Gasteiger partial charge in [-0.25, -0.2) is 0 Å². The predicted octanol–water partition coefficient (Wildman–Crippen LogP) is 2.24. The lowest BCUT2D eigenvalue weighted by Crippen LogP contribution is -2.21. The van der Waals surface area contributed by atoms with Gasteiger partial charge in [-0.05, 0) is 43.0 Å². The quantitative estimate of drug-likeness (QED) is 0.839. The third-order valence-electron chi connectivity index (χ3n) is 3.84. The number of hydrogen-bond donors (Lipinski definition) is 1. The van der Waals surface area contributed by atoms with E-state index in [0.29, 0.717) is 6.54 Å². The molecule has 0 aliphatic heterocycles. The highest BCUT2D eigenvalue weighted by Gasteiger charge is 2.33. The van der Waals surface area contributed by atoms with E-state index in [2.05, 4.69) is 24.9 Å². The number of methoxy groups -OCH3 is 1. The number of nitrogens with two attached hydrogens (primary N) is 1. The maximum absolute atomic E-state index is 5.70. The first-order valence-electron chi connectivity index (χ1n) is 6.68. The van der Waals surface area contributed by atoms with Crippen LogP contribution in [0.5, 0.6) is 5.75 Å². The Kier molecular flexibility index (Phi) is 4.25. The van der Waals surface area contributed by atoms with Gasteiger partial charge in [0.1, 0.15) is 5.75 Å². The lowest BCUT2D eigenvalue weighted by molar-refractivity contribution is 0.300. The molecule has 0 radical (unpaired) electrons. The fraction of sp³-hybridized carbons (Fsp3) is 0.600. The first-order chi connectivity index (χ1) is 8.63. The van der Waals surface area contributed by atoms with Gasteiger partial charge in [0.05, 0.1) is 7.11 Å². The fourth-order valence-corrected chi connectivity index (χ4v) is 2.49. The predicted molar refractivity (Wildman–Crippen MR) is 74.5 cm³/mol. The van der Waals surface area contributed by atoms with Crippen LogP contribution in [0.2, 0.25) is 0 Å². The smallest absolute Gasteiger partial charge is 0.123 e. The molecule has 1 fully saturated rings. The first-order valence-corrected chi connectivity index (χ1v) is 6.68. The molecule has 0 bridgehead atoms. The van der Waals surface area contributed by atoms with Gasteiger partial charge in [0.2, 0.25) is 0 Å². The Morgan fingerprint density at radius 2 is 2.17 bits per heavy atom. The molecule has 1 saturated carbocycles. The van der Waals surface area contributed by atoms with Gasteiger partial charge in [0.25, 0.3) is 0 Å². The average molecular weight is 248 g/mol. The van der Waals surface area contributed by atoms with Crippen LogP contribution in [0.15, 0.2) is 18.2 Å². The minimum Gasteiger partial charge on any atom is -0.496 e. The van der Waals surface area contributed by atoms with Gasteiger partial charge in [-0.15, -0.1) is 0 Å². The molecule has 1 aromatic rings. The lowest BCUT2D eigenvalue weighted by Gasteiger charge is -2.19. The Labute approximate surface area is 110 Å². The Bertz CT molecular complexity index is 405. The van der Waals surface area contributed by atoms with Crippen LogP contribution in [-0.2, 0) is 13.1 Å². The second kappa shape index (κ2) is 5.72. The minimum atomic E-state index is 0.584. The molecule has 0 aromatic heterocycles. The highest BCUT2D eigenvalue weighted by Crippen LogP contribution is 2.38. The summed E-state index contributed by atoms with van der Waals surface area (Å²) in [6.07, 6.45) is 1.38. The van der Waals surface area contributed by atoms with Crippen LogP contribution in [0.1, 0.15) is 24.5 Å².